The van der Waals surface area contributed by atoms with E-state index in [9.17, 15) is 9.59 Å². The molecule has 1 fully saturated rings. The number of nitrogens with one attached hydrogen (secondary N) is 1. The first-order valence-electron chi connectivity index (χ1n) is 8.83. The zero-order valence-corrected chi connectivity index (χ0v) is 15.4. The summed E-state index contributed by atoms with van der Waals surface area (Å²) < 4.78 is 0. The highest BCUT2D eigenvalue weighted by molar-refractivity contribution is 8.00. The van der Waals surface area contributed by atoms with Crippen molar-refractivity contribution < 1.29 is 9.59 Å². The second kappa shape index (κ2) is 7.40. The number of hydrogen-bond acceptors (Lipinski definition) is 4. The molecule has 6 heteroatoms. The lowest BCUT2D eigenvalue weighted by molar-refractivity contribution is -0.120. The van der Waals surface area contributed by atoms with E-state index >= 15 is 0 Å². The fourth-order valence-corrected chi connectivity index (χ4v) is 3.99. The second-order valence-electron chi connectivity index (χ2n) is 6.58. The van der Waals surface area contributed by atoms with Gasteiger partial charge in [-0.05, 0) is 30.5 Å². The van der Waals surface area contributed by atoms with Crippen LogP contribution in [0.1, 0.15) is 34.0 Å². The van der Waals surface area contributed by atoms with Gasteiger partial charge in [0.25, 0.3) is 0 Å². The van der Waals surface area contributed by atoms with E-state index in [2.05, 4.69) is 10.3 Å². The van der Waals surface area contributed by atoms with Gasteiger partial charge in [0, 0.05) is 11.4 Å². The summed E-state index contributed by atoms with van der Waals surface area (Å²) in [6, 6.07) is 18.9. The number of carbonyl (C=O) groups excluding carboxylic acids is 2. The first-order valence-corrected chi connectivity index (χ1v) is 9.71. The monoisotopic (exact) mass is 377 g/mol. The molecule has 27 heavy (non-hydrogen) atoms. The quantitative estimate of drug-likeness (QED) is 0.645. The van der Waals surface area contributed by atoms with E-state index < -0.39 is 11.2 Å². The standard InChI is InChI=1S/C21H19N3O2S/c22-20(25)16-12-18(24-17-9-5-4-8-15(16)17)27-19(13-6-2-1-3-7-13)21(26)23-14-10-11-14/h1-9,12,14,19H,10-11H2,(H2,22,25)(H,23,26). The summed E-state index contributed by atoms with van der Waals surface area (Å²) in [5.41, 5.74) is 7.57. The zero-order valence-electron chi connectivity index (χ0n) is 14.6. The molecule has 1 heterocycles. The van der Waals surface area contributed by atoms with E-state index in [4.69, 9.17) is 5.73 Å². The first-order chi connectivity index (χ1) is 13.1. The molecule has 0 saturated heterocycles. The highest BCUT2D eigenvalue weighted by Gasteiger charge is 2.29. The van der Waals surface area contributed by atoms with Crippen LogP contribution in [0.15, 0.2) is 65.7 Å². The lowest BCUT2D eigenvalue weighted by Gasteiger charge is -2.17. The Bertz CT molecular complexity index is 1000. The van der Waals surface area contributed by atoms with Crippen molar-refractivity contribution in [1.82, 2.24) is 10.3 Å². The Morgan fingerprint density at radius 1 is 1.07 bits per heavy atom. The number of thioether (sulfide) groups is 1. The maximum absolute atomic E-state index is 12.8. The van der Waals surface area contributed by atoms with Crippen LogP contribution in [-0.4, -0.2) is 22.8 Å². The van der Waals surface area contributed by atoms with Crippen LogP contribution in [0.5, 0.6) is 0 Å². The smallest absolute Gasteiger partial charge is 0.249 e. The highest BCUT2D eigenvalue weighted by atomic mass is 32.2. The summed E-state index contributed by atoms with van der Waals surface area (Å²) in [5, 5.41) is 3.94. The summed E-state index contributed by atoms with van der Waals surface area (Å²) in [7, 11) is 0. The Kier molecular flexibility index (Phi) is 4.81. The molecule has 1 aliphatic rings. The largest absolute Gasteiger partial charge is 0.366 e. The Hall–Kier alpha value is -2.86. The topological polar surface area (TPSA) is 85.1 Å². The van der Waals surface area contributed by atoms with E-state index in [1.165, 1.54) is 11.8 Å². The summed E-state index contributed by atoms with van der Waals surface area (Å²) in [4.78, 5) is 29.4. The van der Waals surface area contributed by atoms with Crippen molar-refractivity contribution in [2.45, 2.75) is 29.2 Å². The van der Waals surface area contributed by atoms with Crippen LogP contribution in [0, 0.1) is 0 Å². The van der Waals surface area contributed by atoms with Gasteiger partial charge in [0.05, 0.1) is 16.1 Å². The number of nitrogens with zero attached hydrogens (tertiary/aromatic N) is 1. The number of amides is 2. The van der Waals surface area contributed by atoms with Crippen molar-refractivity contribution in [2.24, 2.45) is 5.73 Å². The number of nitrogens with two attached hydrogens (primary N) is 1. The molecule has 0 aliphatic heterocycles. The minimum atomic E-state index is -0.505. The minimum absolute atomic E-state index is 0.0377. The average molecular weight is 377 g/mol. The molecular formula is C21H19N3O2S. The maximum Gasteiger partial charge on any atom is 0.249 e. The van der Waals surface area contributed by atoms with Crippen molar-refractivity contribution in [3.63, 3.8) is 0 Å². The van der Waals surface area contributed by atoms with Crippen molar-refractivity contribution in [3.05, 3.63) is 71.8 Å². The fourth-order valence-electron chi connectivity index (χ4n) is 2.94. The summed E-state index contributed by atoms with van der Waals surface area (Å²) in [6.45, 7) is 0. The predicted octanol–water partition coefficient (Wildman–Crippen LogP) is 3.45. The van der Waals surface area contributed by atoms with Crippen LogP contribution in [0.2, 0.25) is 0 Å². The van der Waals surface area contributed by atoms with Gasteiger partial charge in [-0.15, -0.1) is 0 Å². The molecule has 2 amide bonds. The number of aromatic nitrogens is 1. The number of hydrogen-bond donors (Lipinski definition) is 2. The predicted molar refractivity (Wildman–Crippen MR) is 106 cm³/mol. The fraction of sp³-hybridized carbons (Fsp3) is 0.190. The number of pyridine rings is 1. The van der Waals surface area contributed by atoms with Crippen LogP contribution >= 0.6 is 11.8 Å². The van der Waals surface area contributed by atoms with Crippen LogP contribution in [0.25, 0.3) is 10.9 Å². The van der Waals surface area contributed by atoms with Gasteiger partial charge in [-0.1, -0.05) is 60.3 Å². The van der Waals surface area contributed by atoms with Crippen LogP contribution in [0.4, 0.5) is 0 Å². The van der Waals surface area contributed by atoms with Gasteiger partial charge in [-0.2, -0.15) is 0 Å². The first kappa shape index (κ1) is 17.5. The summed E-state index contributed by atoms with van der Waals surface area (Å²) in [6.07, 6.45) is 2.05. The zero-order chi connectivity index (χ0) is 18.8. The van der Waals surface area contributed by atoms with Gasteiger partial charge in [0.1, 0.15) is 5.25 Å². The average Bonchev–Trinajstić information content (AvgIpc) is 3.50. The van der Waals surface area contributed by atoms with Gasteiger partial charge in [-0.25, -0.2) is 4.98 Å². The van der Waals surface area contributed by atoms with Gasteiger partial charge < -0.3 is 11.1 Å². The Labute approximate surface area is 161 Å². The van der Waals surface area contributed by atoms with E-state index in [-0.39, 0.29) is 11.9 Å². The van der Waals surface area contributed by atoms with Crippen LogP contribution in [0.3, 0.4) is 0 Å². The number of primary amides is 1. The van der Waals surface area contributed by atoms with Crippen LogP contribution in [-0.2, 0) is 4.79 Å². The van der Waals surface area contributed by atoms with Crippen molar-refractivity contribution in [2.75, 3.05) is 0 Å². The number of carbonyl (C=O) groups is 2. The van der Waals surface area contributed by atoms with Crippen LogP contribution < -0.4 is 11.1 Å². The van der Waals surface area contributed by atoms with Gasteiger partial charge in [-0.3, -0.25) is 9.59 Å². The lowest BCUT2D eigenvalue weighted by Crippen LogP contribution is -2.29. The molecule has 3 N–H and O–H groups in total. The molecule has 3 aromatic rings. The number of fused-ring (bicyclic) bond motifs is 1. The molecule has 1 atom stereocenters. The van der Waals surface area contributed by atoms with Gasteiger partial charge in [0.15, 0.2) is 0 Å². The molecule has 1 unspecified atom stereocenters. The Morgan fingerprint density at radius 2 is 1.78 bits per heavy atom. The minimum Gasteiger partial charge on any atom is -0.366 e. The molecule has 0 spiro atoms. The molecule has 5 nitrogen and oxygen atoms in total. The lowest BCUT2D eigenvalue weighted by atomic mass is 10.1. The second-order valence-corrected chi connectivity index (χ2v) is 7.71. The van der Waals surface area contributed by atoms with Gasteiger partial charge >= 0.3 is 0 Å². The van der Waals surface area contributed by atoms with E-state index in [1.807, 2.05) is 54.6 Å². The van der Waals surface area contributed by atoms with E-state index in [1.54, 1.807) is 6.07 Å². The summed E-state index contributed by atoms with van der Waals surface area (Å²) in [5.74, 6) is -0.543. The third-order valence-electron chi connectivity index (χ3n) is 4.46. The highest BCUT2D eigenvalue weighted by Crippen LogP contribution is 2.37. The summed E-state index contributed by atoms with van der Waals surface area (Å²) >= 11 is 1.34. The Morgan fingerprint density at radius 3 is 2.48 bits per heavy atom. The molecule has 136 valence electrons. The molecule has 4 rings (SSSR count). The van der Waals surface area contributed by atoms with E-state index in [0.29, 0.717) is 21.5 Å². The molecule has 1 saturated carbocycles. The van der Waals surface area contributed by atoms with Gasteiger partial charge in [0.2, 0.25) is 11.8 Å². The van der Waals surface area contributed by atoms with E-state index in [0.717, 1.165) is 18.4 Å². The third-order valence-corrected chi connectivity index (χ3v) is 5.63. The Balaban J connectivity index is 1.72. The molecule has 0 bridgehead atoms. The molecule has 1 aromatic heterocycles. The number of rotatable bonds is 6. The maximum atomic E-state index is 12.8. The molecule has 1 aliphatic carbocycles. The molecular weight excluding hydrogens is 358 g/mol. The van der Waals surface area contributed by atoms with Crippen molar-refractivity contribution >= 4 is 34.5 Å². The third kappa shape index (κ3) is 3.95. The normalized spacial score (nSPS) is 14.7. The van der Waals surface area contributed by atoms with Crippen molar-refractivity contribution in [3.8, 4) is 0 Å². The SMILES string of the molecule is NC(=O)c1cc(SC(C(=O)NC2CC2)c2ccccc2)nc2ccccc12. The number of para-hydroxylation sites is 1. The van der Waals surface area contributed by atoms with Crippen molar-refractivity contribution in [1.29, 1.82) is 0 Å². The molecule has 2 aromatic carbocycles. The number of benzene rings is 2. The molecule has 0 radical (unpaired) electrons.